The lowest BCUT2D eigenvalue weighted by atomic mass is 9.47. The molecule has 5 rings (SSSR count). The van der Waals surface area contributed by atoms with Crippen molar-refractivity contribution in [1.82, 2.24) is 0 Å². The van der Waals surface area contributed by atoms with Crippen LogP contribution in [0.4, 0.5) is 0 Å². The summed E-state index contributed by atoms with van der Waals surface area (Å²) < 4.78 is 11.3. The number of hydrogen-bond donors (Lipinski definition) is 1. The van der Waals surface area contributed by atoms with Crippen LogP contribution in [0.2, 0.25) is 0 Å². The van der Waals surface area contributed by atoms with E-state index in [0.29, 0.717) is 30.8 Å². The van der Waals surface area contributed by atoms with Crippen LogP contribution in [0.15, 0.2) is 11.6 Å². The SMILES string of the molecule is COCCC(=O)[C@@]12O[C@@H]1C[C@@H]1[C@@H]3CC=C4C[C@H](O)CC[C@]4(C)[C@@H]3CC[C@@]12C. The predicted molar refractivity (Wildman–Crippen MR) is 102 cm³/mol. The second-order valence-electron chi connectivity index (χ2n) is 10.4. The number of carbonyl (C=O) groups is 1. The first-order chi connectivity index (χ1) is 12.9. The maximum atomic E-state index is 13.1. The summed E-state index contributed by atoms with van der Waals surface area (Å²) in [7, 11) is 1.66. The number of aliphatic hydroxyl groups is 1. The van der Waals surface area contributed by atoms with Crippen LogP contribution in [0, 0.1) is 28.6 Å². The number of allylic oxidation sites excluding steroid dienone is 1. The smallest absolute Gasteiger partial charge is 0.170 e. The van der Waals surface area contributed by atoms with Crippen LogP contribution in [0.1, 0.15) is 65.2 Å². The maximum absolute atomic E-state index is 13.1. The highest BCUT2D eigenvalue weighted by Gasteiger charge is 2.79. The fourth-order valence-corrected chi connectivity index (χ4v) is 7.94. The van der Waals surface area contributed by atoms with E-state index in [1.54, 1.807) is 7.11 Å². The molecule has 4 heteroatoms. The van der Waals surface area contributed by atoms with E-state index in [2.05, 4.69) is 19.9 Å². The van der Waals surface area contributed by atoms with E-state index < -0.39 is 5.60 Å². The highest BCUT2D eigenvalue weighted by atomic mass is 16.6. The largest absolute Gasteiger partial charge is 0.393 e. The van der Waals surface area contributed by atoms with Crippen LogP contribution in [0.25, 0.3) is 0 Å². The number of fused-ring (bicyclic) bond motifs is 7. The van der Waals surface area contributed by atoms with Gasteiger partial charge in [0.25, 0.3) is 0 Å². The van der Waals surface area contributed by atoms with Crippen molar-refractivity contribution in [2.75, 3.05) is 13.7 Å². The Morgan fingerprint density at radius 1 is 1.30 bits per heavy atom. The third kappa shape index (κ3) is 2.24. The molecule has 0 radical (unpaired) electrons. The summed E-state index contributed by atoms with van der Waals surface area (Å²) in [5, 5.41) is 10.2. The second kappa shape index (κ2) is 5.90. The maximum Gasteiger partial charge on any atom is 0.170 e. The predicted octanol–water partition coefficient (Wildman–Crippen LogP) is 3.66. The summed E-state index contributed by atoms with van der Waals surface area (Å²) in [6.45, 7) is 5.30. The topological polar surface area (TPSA) is 59.1 Å². The highest BCUT2D eigenvalue weighted by Crippen LogP contribution is 2.73. The van der Waals surface area contributed by atoms with Crippen LogP contribution in [-0.4, -0.2) is 42.4 Å². The Hall–Kier alpha value is -0.710. The molecule has 0 spiro atoms. The van der Waals surface area contributed by atoms with Gasteiger partial charge in [-0.25, -0.2) is 0 Å². The number of hydrogen-bond acceptors (Lipinski definition) is 4. The normalized spacial score (nSPS) is 52.9. The van der Waals surface area contributed by atoms with Gasteiger partial charge in [0.2, 0.25) is 0 Å². The zero-order chi connectivity index (χ0) is 19.0. The van der Waals surface area contributed by atoms with Gasteiger partial charge in [-0.05, 0) is 68.1 Å². The quantitative estimate of drug-likeness (QED) is 0.603. The van der Waals surface area contributed by atoms with Gasteiger partial charge in [0.1, 0.15) is 0 Å². The molecule has 1 heterocycles. The van der Waals surface area contributed by atoms with E-state index in [0.717, 1.165) is 38.5 Å². The fraction of sp³-hybridized carbons (Fsp3) is 0.870. The van der Waals surface area contributed by atoms with Gasteiger partial charge in [-0.1, -0.05) is 25.5 Å². The van der Waals surface area contributed by atoms with Crippen molar-refractivity contribution in [3.63, 3.8) is 0 Å². The third-order valence-corrected chi connectivity index (χ3v) is 9.46. The Kier molecular flexibility index (Phi) is 4.00. The van der Waals surface area contributed by atoms with Crippen LogP contribution >= 0.6 is 0 Å². The van der Waals surface area contributed by atoms with Gasteiger partial charge < -0.3 is 14.6 Å². The number of aliphatic hydroxyl groups excluding tert-OH is 1. The molecule has 0 aromatic rings. The van der Waals surface area contributed by atoms with Gasteiger partial charge >= 0.3 is 0 Å². The molecule has 1 N–H and O–H groups in total. The molecule has 1 saturated heterocycles. The molecule has 0 bridgehead atoms. The van der Waals surface area contributed by atoms with E-state index in [4.69, 9.17) is 9.47 Å². The zero-order valence-electron chi connectivity index (χ0n) is 17.0. The minimum atomic E-state index is -0.519. The lowest BCUT2D eigenvalue weighted by Crippen LogP contribution is -2.54. The summed E-state index contributed by atoms with van der Waals surface area (Å²) in [6, 6.07) is 0. The van der Waals surface area contributed by atoms with Crippen LogP contribution in [0.5, 0.6) is 0 Å². The Morgan fingerprint density at radius 3 is 2.89 bits per heavy atom. The van der Waals surface area contributed by atoms with Gasteiger partial charge in [-0.3, -0.25) is 4.79 Å². The molecule has 8 atom stereocenters. The summed E-state index contributed by atoms with van der Waals surface area (Å²) >= 11 is 0. The summed E-state index contributed by atoms with van der Waals surface area (Å²) in [5.74, 6) is 2.22. The number of epoxide rings is 1. The standard InChI is InChI=1S/C23H34O4/c1-21-9-6-15(24)12-14(21)4-5-16-17(21)7-10-22(2)18(16)13-20-23(22,27-20)19(25)8-11-26-3/h4,15-18,20,24H,5-13H2,1-3H3/t15-,16-,17-,18-,20-,21+,22+,23-/m1/s1. The molecular weight excluding hydrogens is 340 g/mol. The van der Waals surface area contributed by atoms with Gasteiger partial charge in [0.15, 0.2) is 11.4 Å². The van der Waals surface area contributed by atoms with Gasteiger partial charge in [-0.2, -0.15) is 0 Å². The van der Waals surface area contributed by atoms with Crippen molar-refractivity contribution in [2.24, 2.45) is 28.6 Å². The first-order valence-electron chi connectivity index (χ1n) is 10.9. The van der Waals surface area contributed by atoms with Crippen molar-refractivity contribution in [3.8, 4) is 0 Å². The molecule has 1 aliphatic heterocycles. The number of rotatable bonds is 4. The van der Waals surface area contributed by atoms with Crippen molar-refractivity contribution in [1.29, 1.82) is 0 Å². The molecule has 150 valence electrons. The minimum absolute atomic E-state index is 0.0143. The summed E-state index contributed by atoms with van der Waals surface area (Å²) in [4.78, 5) is 13.1. The molecule has 4 fully saturated rings. The first-order valence-corrected chi connectivity index (χ1v) is 10.9. The molecular formula is C23H34O4. The summed E-state index contributed by atoms with van der Waals surface area (Å²) in [5.41, 5.74) is 1.23. The number of ether oxygens (including phenoxy) is 2. The second-order valence-corrected chi connectivity index (χ2v) is 10.4. The highest BCUT2D eigenvalue weighted by molar-refractivity contribution is 5.92. The van der Waals surface area contributed by atoms with Crippen molar-refractivity contribution >= 4 is 5.78 Å². The molecule has 5 aliphatic rings. The third-order valence-electron chi connectivity index (χ3n) is 9.46. The molecule has 3 saturated carbocycles. The number of Topliss-reactive ketones (excluding diaryl/α,β-unsaturated/α-hetero) is 1. The van der Waals surface area contributed by atoms with Gasteiger partial charge in [-0.15, -0.1) is 0 Å². The molecule has 27 heavy (non-hydrogen) atoms. The number of carbonyl (C=O) groups excluding carboxylic acids is 1. The van der Waals surface area contributed by atoms with Crippen LogP contribution in [-0.2, 0) is 14.3 Å². The number of ketones is 1. The zero-order valence-corrected chi connectivity index (χ0v) is 17.0. The van der Waals surface area contributed by atoms with Crippen LogP contribution < -0.4 is 0 Å². The van der Waals surface area contributed by atoms with Crippen molar-refractivity contribution in [2.45, 2.75) is 83.0 Å². The Balaban J connectivity index is 1.44. The van der Waals surface area contributed by atoms with E-state index in [1.807, 2.05) is 0 Å². The molecule has 0 unspecified atom stereocenters. The van der Waals surface area contributed by atoms with E-state index >= 15 is 0 Å². The monoisotopic (exact) mass is 374 g/mol. The minimum Gasteiger partial charge on any atom is -0.393 e. The molecule has 0 aromatic heterocycles. The van der Waals surface area contributed by atoms with Gasteiger partial charge in [0, 0.05) is 18.9 Å². The van der Waals surface area contributed by atoms with E-state index in [-0.39, 0.29) is 28.8 Å². The van der Waals surface area contributed by atoms with E-state index in [9.17, 15) is 9.90 Å². The Morgan fingerprint density at radius 2 is 2.11 bits per heavy atom. The van der Waals surface area contributed by atoms with Crippen molar-refractivity contribution < 1.29 is 19.4 Å². The fourth-order valence-electron chi connectivity index (χ4n) is 7.94. The molecule has 4 nitrogen and oxygen atoms in total. The Labute approximate surface area is 162 Å². The average Bonchev–Trinajstić information content (AvgIpc) is 3.32. The summed E-state index contributed by atoms with van der Waals surface area (Å²) in [6.07, 6.45) is 10.3. The van der Waals surface area contributed by atoms with E-state index in [1.165, 1.54) is 12.0 Å². The Bertz CT molecular complexity index is 686. The lowest BCUT2D eigenvalue weighted by molar-refractivity contribution is -0.138. The van der Waals surface area contributed by atoms with Crippen molar-refractivity contribution in [3.05, 3.63) is 11.6 Å². The molecule has 0 aromatic carbocycles. The molecule has 0 amide bonds. The average molecular weight is 375 g/mol. The molecule has 4 aliphatic carbocycles. The van der Waals surface area contributed by atoms with Crippen LogP contribution in [0.3, 0.4) is 0 Å². The van der Waals surface area contributed by atoms with Gasteiger partial charge in [0.05, 0.1) is 18.8 Å². The lowest BCUT2D eigenvalue weighted by Gasteiger charge is -2.58. The first kappa shape index (κ1) is 18.3. The number of methoxy groups -OCH3 is 1.